The topological polar surface area (TPSA) is 79.0 Å². The predicted octanol–water partition coefficient (Wildman–Crippen LogP) is 2.61. The van der Waals surface area contributed by atoms with Gasteiger partial charge in [-0.25, -0.2) is 0 Å². The number of nitrogens with one attached hydrogen (secondary N) is 1. The molecule has 3 amide bonds. The highest BCUT2D eigenvalue weighted by molar-refractivity contribution is 6.22. The zero-order chi connectivity index (χ0) is 23.4. The van der Waals surface area contributed by atoms with Gasteiger partial charge in [0.1, 0.15) is 0 Å². The van der Waals surface area contributed by atoms with Crippen LogP contribution in [0.3, 0.4) is 0 Å². The number of carbonyl (C=O) groups excluding carboxylic acids is 3. The summed E-state index contributed by atoms with van der Waals surface area (Å²) in [5, 5.41) is 3.02. The maximum Gasteiger partial charge on any atom is 0.261 e. The Kier molecular flexibility index (Phi) is 7.20. The molecule has 4 rings (SSSR count). The molecule has 33 heavy (non-hydrogen) atoms. The fourth-order valence-electron chi connectivity index (χ4n) is 4.52. The first kappa shape index (κ1) is 23.1. The van der Waals surface area contributed by atoms with E-state index in [1.54, 1.807) is 18.2 Å². The summed E-state index contributed by atoms with van der Waals surface area (Å²) in [6.45, 7) is 8.25. The summed E-state index contributed by atoms with van der Waals surface area (Å²) in [7, 11) is 0. The second kappa shape index (κ2) is 10.3. The molecule has 2 aliphatic rings. The molecule has 1 saturated heterocycles. The first-order chi connectivity index (χ1) is 16.0. The first-order valence-electron chi connectivity index (χ1n) is 11.6. The Balaban J connectivity index is 1.41. The number of hydrogen-bond donors (Lipinski definition) is 1. The van der Waals surface area contributed by atoms with Crippen LogP contribution in [0.5, 0.6) is 0 Å². The van der Waals surface area contributed by atoms with Crippen LogP contribution in [0, 0.1) is 5.92 Å². The van der Waals surface area contributed by atoms with Crippen LogP contribution in [0.2, 0.25) is 0 Å². The molecule has 0 saturated carbocycles. The van der Waals surface area contributed by atoms with Gasteiger partial charge in [-0.15, -0.1) is 0 Å². The largest absolute Gasteiger partial charge is 0.379 e. The number of ether oxygens (including phenoxy) is 1. The Hall–Kier alpha value is -3.03. The van der Waals surface area contributed by atoms with Gasteiger partial charge in [0, 0.05) is 37.8 Å². The maximum atomic E-state index is 12.9. The minimum Gasteiger partial charge on any atom is -0.379 e. The van der Waals surface area contributed by atoms with Crippen LogP contribution in [-0.4, -0.2) is 73.0 Å². The zero-order valence-corrected chi connectivity index (χ0v) is 19.3. The number of rotatable bonds is 8. The van der Waals surface area contributed by atoms with Gasteiger partial charge in [0.15, 0.2) is 0 Å². The Morgan fingerprint density at radius 3 is 2.39 bits per heavy atom. The summed E-state index contributed by atoms with van der Waals surface area (Å²) < 4.78 is 5.44. The first-order valence-corrected chi connectivity index (χ1v) is 11.6. The maximum absolute atomic E-state index is 12.9. The van der Waals surface area contributed by atoms with Gasteiger partial charge < -0.3 is 10.1 Å². The zero-order valence-electron chi connectivity index (χ0n) is 19.3. The van der Waals surface area contributed by atoms with Gasteiger partial charge >= 0.3 is 0 Å². The average Bonchev–Trinajstić information content (AvgIpc) is 3.07. The van der Waals surface area contributed by atoms with Gasteiger partial charge in [0.05, 0.1) is 24.3 Å². The minimum atomic E-state index is -0.339. The quantitative estimate of drug-likeness (QED) is 0.627. The molecule has 0 spiro atoms. The third-order valence-corrected chi connectivity index (χ3v) is 6.46. The van der Waals surface area contributed by atoms with Crippen LogP contribution < -0.4 is 5.32 Å². The SMILES string of the molecule is CC(C)C(CNC(=O)c1ccc2c(c1)C(=O)N(CCc1ccccc1)C2=O)N1CCOCC1. The summed E-state index contributed by atoms with van der Waals surface area (Å²) in [5.41, 5.74) is 2.12. The van der Waals surface area contributed by atoms with Crippen LogP contribution in [-0.2, 0) is 11.2 Å². The Bertz CT molecular complexity index is 1020. The highest BCUT2D eigenvalue weighted by Gasteiger charge is 2.35. The molecular formula is C26H31N3O4. The lowest BCUT2D eigenvalue weighted by molar-refractivity contribution is 0.00672. The fraction of sp³-hybridized carbons (Fsp3) is 0.423. The normalized spacial score (nSPS) is 17.4. The van der Waals surface area contributed by atoms with E-state index in [1.165, 1.54) is 4.90 Å². The number of amides is 3. The predicted molar refractivity (Wildman–Crippen MR) is 125 cm³/mol. The van der Waals surface area contributed by atoms with Crippen LogP contribution in [0.25, 0.3) is 0 Å². The summed E-state index contributed by atoms with van der Waals surface area (Å²) in [4.78, 5) is 42.2. The summed E-state index contributed by atoms with van der Waals surface area (Å²) in [5.74, 6) is -0.500. The van der Waals surface area contributed by atoms with Crippen molar-refractivity contribution in [2.45, 2.75) is 26.3 Å². The van der Waals surface area contributed by atoms with Crippen molar-refractivity contribution in [3.63, 3.8) is 0 Å². The molecule has 0 aliphatic carbocycles. The molecule has 0 bridgehead atoms. The van der Waals surface area contributed by atoms with E-state index in [1.807, 2.05) is 30.3 Å². The number of benzene rings is 2. The van der Waals surface area contributed by atoms with Crippen LogP contribution >= 0.6 is 0 Å². The second-order valence-electron chi connectivity index (χ2n) is 8.93. The van der Waals surface area contributed by atoms with E-state index in [2.05, 4.69) is 24.1 Å². The lowest BCUT2D eigenvalue weighted by Crippen LogP contribution is -2.51. The molecule has 0 aromatic heterocycles. The van der Waals surface area contributed by atoms with E-state index in [0.717, 1.165) is 18.7 Å². The van der Waals surface area contributed by atoms with Gasteiger partial charge in [-0.1, -0.05) is 44.2 Å². The lowest BCUT2D eigenvalue weighted by atomic mass is 10.0. The van der Waals surface area contributed by atoms with E-state index < -0.39 is 0 Å². The molecule has 2 aromatic carbocycles. The fourth-order valence-corrected chi connectivity index (χ4v) is 4.52. The van der Waals surface area contributed by atoms with Gasteiger partial charge in [-0.05, 0) is 36.1 Å². The molecule has 2 aliphatic heterocycles. The minimum absolute atomic E-state index is 0.212. The average molecular weight is 450 g/mol. The highest BCUT2D eigenvalue weighted by Crippen LogP contribution is 2.24. The van der Waals surface area contributed by atoms with Gasteiger partial charge in [-0.3, -0.25) is 24.2 Å². The van der Waals surface area contributed by atoms with Gasteiger partial charge in [0.2, 0.25) is 0 Å². The molecule has 1 fully saturated rings. The van der Waals surface area contributed by atoms with Crippen LogP contribution in [0.1, 0.15) is 50.5 Å². The van der Waals surface area contributed by atoms with E-state index in [4.69, 9.17) is 4.74 Å². The Labute approximate surface area is 194 Å². The number of morpholine rings is 1. The van der Waals surface area contributed by atoms with Crippen molar-refractivity contribution >= 4 is 17.7 Å². The number of nitrogens with zero attached hydrogens (tertiary/aromatic N) is 2. The molecule has 2 heterocycles. The van der Waals surface area contributed by atoms with E-state index in [0.29, 0.717) is 55.3 Å². The summed E-state index contributed by atoms with van der Waals surface area (Å²) in [6.07, 6.45) is 0.595. The number of hydrogen-bond acceptors (Lipinski definition) is 5. The lowest BCUT2D eigenvalue weighted by Gasteiger charge is -2.36. The van der Waals surface area contributed by atoms with Crippen molar-refractivity contribution < 1.29 is 19.1 Å². The molecule has 2 aromatic rings. The molecule has 1 N–H and O–H groups in total. The highest BCUT2D eigenvalue weighted by atomic mass is 16.5. The monoisotopic (exact) mass is 449 g/mol. The second-order valence-corrected chi connectivity index (χ2v) is 8.93. The van der Waals surface area contributed by atoms with Crippen molar-refractivity contribution in [3.05, 3.63) is 70.8 Å². The molecular weight excluding hydrogens is 418 g/mol. The molecule has 174 valence electrons. The Morgan fingerprint density at radius 1 is 1.00 bits per heavy atom. The van der Waals surface area contributed by atoms with Crippen molar-refractivity contribution in [2.24, 2.45) is 5.92 Å². The molecule has 1 atom stereocenters. The number of fused-ring (bicyclic) bond motifs is 1. The van der Waals surface area contributed by atoms with Crippen LogP contribution in [0.15, 0.2) is 48.5 Å². The molecule has 7 nitrogen and oxygen atoms in total. The van der Waals surface area contributed by atoms with Crippen molar-refractivity contribution in [1.82, 2.24) is 15.1 Å². The van der Waals surface area contributed by atoms with Crippen molar-refractivity contribution in [3.8, 4) is 0 Å². The van der Waals surface area contributed by atoms with E-state index >= 15 is 0 Å². The van der Waals surface area contributed by atoms with E-state index in [9.17, 15) is 14.4 Å². The number of imide groups is 1. The van der Waals surface area contributed by atoms with E-state index in [-0.39, 0.29) is 23.8 Å². The van der Waals surface area contributed by atoms with Gasteiger partial charge in [-0.2, -0.15) is 0 Å². The van der Waals surface area contributed by atoms with Crippen molar-refractivity contribution in [2.75, 3.05) is 39.4 Å². The standard InChI is InChI=1S/C26H31N3O4/c1-18(2)23(28-12-14-33-15-13-28)17-27-24(30)20-8-9-21-22(16-20)26(32)29(25(21)31)11-10-19-6-4-3-5-7-19/h3-9,16,18,23H,10-15,17H2,1-2H3,(H,27,30). The third kappa shape index (κ3) is 5.15. The molecule has 0 radical (unpaired) electrons. The van der Waals surface area contributed by atoms with Crippen LogP contribution in [0.4, 0.5) is 0 Å². The Morgan fingerprint density at radius 2 is 1.70 bits per heavy atom. The summed E-state index contributed by atoms with van der Waals surface area (Å²) >= 11 is 0. The van der Waals surface area contributed by atoms with Gasteiger partial charge in [0.25, 0.3) is 17.7 Å². The number of carbonyl (C=O) groups is 3. The summed E-state index contributed by atoms with van der Waals surface area (Å²) in [6, 6.07) is 14.7. The van der Waals surface area contributed by atoms with Crippen molar-refractivity contribution in [1.29, 1.82) is 0 Å². The molecule has 1 unspecified atom stereocenters. The molecule has 7 heteroatoms. The smallest absolute Gasteiger partial charge is 0.261 e. The third-order valence-electron chi connectivity index (χ3n) is 6.46.